The number of pyridine rings is 1. The summed E-state index contributed by atoms with van der Waals surface area (Å²) in [5.41, 5.74) is 7.82. The highest BCUT2D eigenvalue weighted by Crippen LogP contribution is 2.36. The number of benzene rings is 3. The molecule has 5 aromatic rings. The third kappa shape index (κ3) is 4.12. The van der Waals surface area contributed by atoms with Crippen LogP contribution in [0.2, 0.25) is 0 Å². The van der Waals surface area contributed by atoms with Crippen molar-refractivity contribution < 1.29 is 0 Å². The van der Waals surface area contributed by atoms with Gasteiger partial charge < -0.3 is 4.90 Å². The van der Waals surface area contributed by atoms with Crippen LogP contribution in [-0.2, 0) is 0 Å². The van der Waals surface area contributed by atoms with Gasteiger partial charge in [-0.1, -0.05) is 29.8 Å². The molecular formula is C28H22N4. The highest BCUT2D eigenvalue weighted by atomic mass is 15.1. The molecule has 0 unspecified atom stereocenters. The lowest BCUT2D eigenvalue weighted by Crippen LogP contribution is -2.09. The van der Waals surface area contributed by atoms with Crippen LogP contribution in [0.5, 0.6) is 0 Å². The predicted molar refractivity (Wildman–Crippen MR) is 130 cm³/mol. The zero-order chi connectivity index (χ0) is 21.8. The van der Waals surface area contributed by atoms with Crippen LogP contribution >= 0.6 is 0 Å². The van der Waals surface area contributed by atoms with Gasteiger partial charge >= 0.3 is 0 Å². The molecule has 4 heteroatoms. The van der Waals surface area contributed by atoms with Crippen LogP contribution in [0.3, 0.4) is 0 Å². The van der Waals surface area contributed by atoms with E-state index in [0.717, 1.165) is 39.6 Å². The molecule has 0 radical (unpaired) electrons. The first-order chi connectivity index (χ1) is 15.8. The van der Waals surface area contributed by atoms with Gasteiger partial charge in [0.1, 0.15) is 0 Å². The molecule has 0 N–H and O–H groups in total. The van der Waals surface area contributed by atoms with Gasteiger partial charge in [0.25, 0.3) is 0 Å². The minimum Gasteiger partial charge on any atom is -0.311 e. The number of rotatable bonds is 5. The van der Waals surface area contributed by atoms with Gasteiger partial charge in [0.05, 0.1) is 0 Å². The molecule has 0 fully saturated rings. The van der Waals surface area contributed by atoms with Crippen molar-refractivity contribution in [2.24, 2.45) is 0 Å². The average molecular weight is 415 g/mol. The van der Waals surface area contributed by atoms with Gasteiger partial charge in [0, 0.05) is 47.4 Å². The van der Waals surface area contributed by atoms with Crippen LogP contribution in [0.1, 0.15) is 5.56 Å². The maximum Gasteiger partial charge on any atom is 0.159 e. The second-order valence-electron chi connectivity index (χ2n) is 7.57. The summed E-state index contributed by atoms with van der Waals surface area (Å²) in [6.45, 7) is 2.10. The number of aryl methyl sites for hydroxylation is 1. The Morgan fingerprint density at radius 3 is 1.53 bits per heavy atom. The largest absolute Gasteiger partial charge is 0.311 e. The smallest absolute Gasteiger partial charge is 0.159 e. The molecule has 0 aliphatic carbocycles. The first-order valence-electron chi connectivity index (χ1n) is 10.5. The molecule has 0 spiro atoms. The van der Waals surface area contributed by atoms with Gasteiger partial charge in [-0.2, -0.15) is 0 Å². The van der Waals surface area contributed by atoms with E-state index in [0.29, 0.717) is 0 Å². The number of nitrogens with zero attached hydrogens (tertiary/aromatic N) is 4. The lowest BCUT2D eigenvalue weighted by atomic mass is 10.1. The second kappa shape index (κ2) is 8.82. The van der Waals surface area contributed by atoms with Gasteiger partial charge in [-0.3, -0.25) is 4.98 Å². The van der Waals surface area contributed by atoms with Gasteiger partial charge in [0.15, 0.2) is 5.82 Å². The Kier molecular flexibility index (Phi) is 5.41. The Hall–Kier alpha value is -4.31. The molecule has 2 aromatic heterocycles. The topological polar surface area (TPSA) is 41.9 Å². The number of aromatic nitrogens is 3. The van der Waals surface area contributed by atoms with Gasteiger partial charge in [-0.05, 0) is 84.8 Å². The number of anilines is 3. The van der Waals surface area contributed by atoms with Crippen molar-refractivity contribution in [1.82, 2.24) is 15.0 Å². The fraction of sp³-hybridized carbons (Fsp3) is 0.0357. The standard InChI is InChI=1S/C28H22N4/c1-21-3-9-25(10-4-21)32(26-11-5-22(6-12-26)23-15-19-29-20-16-23)27-13-7-24(8-14-27)28-30-17-2-18-31-28/h2-20H,1H3. The monoisotopic (exact) mass is 414 g/mol. The molecule has 4 nitrogen and oxygen atoms in total. The van der Waals surface area contributed by atoms with E-state index >= 15 is 0 Å². The van der Waals surface area contributed by atoms with Crippen LogP contribution in [-0.4, -0.2) is 15.0 Å². The summed E-state index contributed by atoms with van der Waals surface area (Å²) >= 11 is 0. The van der Waals surface area contributed by atoms with E-state index in [1.54, 1.807) is 12.4 Å². The molecule has 32 heavy (non-hydrogen) atoms. The van der Waals surface area contributed by atoms with Crippen molar-refractivity contribution in [3.63, 3.8) is 0 Å². The Balaban J connectivity index is 1.53. The molecule has 0 bridgehead atoms. The Morgan fingerprint density at radius 2 is 0.969 bits per heavy atom. The SMILES string of the molecule is Cc1ccc(N(c2ccc(-c3ccncc3)cc2)c2ccc(-c3ncccn3)cc2)cc1. The summed E-state index contributed by atoms with van der Waals surface area (Å²) in [5, 5.41) is 0. The van der Waals surface area contributed by atoms with Crippen LogP contribution in [0.25, 0.3) is 22.5 Å². The fourth-order valence-corrected chi connectivity index (χ4v) is 3.70. The van der Waals surface area contributed by atoms with E-state index in [9.17, 15) is 0 Å². The normalized spacial score (nSPS) is 10.7. The summed E-state index contributed by atoms with van der Waals surface area (Å²) in [4.78, 5) is 15.1. The molecule has 0 saturated carbocycles. The van der Waals surface area contributed by atoms with E-state index in [-0.39, 0.29) is 0 Å². The Morgan fingerprint density at radius 1 is 0.500 bits per heavy atom. The third-order valence-corrected chi connectivity index (χ3v) is 5.38. The van der Waals surface area contributed by atoms with Crippen LogP contribution in [0, 0.1) is 6.92 Å². The maximum atomic E-state index is 4.36. The first-order valence-corrected chi connectivity index (χ1v) is 10.5. The second-order valence-corrected chi connectivity index (χ2v) is 7.57. The molecule has 5 rings (SSSR count). The van der Waals surface area contributed by atoms with Crippen LogP contribution < -0.4 is 4.90 Å². The predicted octanol–water partition coefficient (Wildman–Crippen LogP) is 6.98. The summed E-state index contributed by atoms with van der Waals surface area (Å²) in [7, 11) is 0. The molecule has 2 heterocycles. The van der Waals surface area contributed by atoms with Crippen molar-refractivity contribution in [3.05, 3.63) is 121 Å². The minimum atomic E-state index is 0.725. The van der Waals surface area contributed by atoms with Gasteiger partial charge in [-0.25, -0.2) is 9.97 Å². The molecule has 0 aliphatic heterocycles. The third-order valence-electron chi connectivity index (χ3n) is 5.38. The van der Waals surface area contributed by atoms with Gasteiger partial charge in [-0.15, -0.1) is 0 Å². The van der Waals surface area contributed by atoms with E-state index in [1.165, 1.54) is 5.56 Å². The molecule has 0 amide bonds. The van der Waals surface area contributed by atoms with Crippen LogP contribution in [0.15, 0.2) is 116 Å². The summed E-state index contributed by atoms with van der Waals surface area (Å²) < 4.78 is 0. The van der Waals surface area contributed by atoms with Crippen molar-refractivity contribution in [3.8, 4) is 22.5 Å². The molecule has 3 aromatic carbocycles. The molecular weight excluding hydrogens is 392 g/mol. The fourth-order valence-electron chi connectivity index (χ4n) is 3.70. The van der Waals surface area contributed by atoms with Crippen molar-refractivity contribution in [1.29, 1.82) is 0 Å². The Bertz CT molecular complexity index is 1200. The molecule has 0 saturated heterocycles. The summed E-state index contributed by atoms with van der Waals surface area (Å²) in [6.07, 6.45) is 7.16. The maximum absolute atomic E-state index is 4.36. The van der Waals surface area contributed by atoms with Crippen LogP contribution in [0.4, 0.5) is 17.1 Å². The lowest BCUT2D eigenvalue weighted by molar-refractivity contribution is 1.17. The number of hydrogen-bond acceptors (Lipinski definition) is 4. The lowest BCUT2D eigenvalue weighted by Gasteiger charge is -2.26. The first kappa shape index (κ1) is 19.6. The van der Waals surface area contributed by atoms with E-state index in [4.69, 9.17) is 0 Å². The highest BCUT2D eigenvalue weighted by Gasteiger charge is 2.13. The van der Waals surface area contributed by atoms with E-state index in [1.807, 2.05) is 30.6 Å². The van der Waals surface area contributed by atoms with Crippen molar-refractivity contribution in [2.45, 2.75) is 6.92 Å². The Labute approximate surface area is 187 Å². The average Bonchev–Trinajstić information content (AvgIpc) is 2.87. The van der Waals surface area contributed by atoms with Crippen molar-refractivity contribution >= 4 is 17.1 Å². The quantitative estimate of drug-likeness (QED) is 0.311. The molecule has 0 atom stereocenters. The van der Waals surface area contributed by atoms with Gasteiger partial charge in [0.2, 0.25) is 0 Å². The number of hydrogen-bond donors (Lipinski definition) is 0. The summed E-state index contributed by atoms with van der Waals surface area (Å²) in [5.74, 6) is 0.725. The van der Waals surface area contributed by atoms with E-state index in [2.05, 4.69) is 99.6 Å². The summed E-state index contributed by atoms with van der Waals surface area (Å²) in [6, 6.07) is 31.4. The van der Waals surface area contributed by atoms with Crippen molar-refractivity contribution in [2.75, 3.05) is 4.90 Å². The zero-order valence-electron chi connectivity index (χ0n) is 17.8. The van der Waals surface area contributed by atoms with E-state index < -0.39 is 0 Å². The molecule has 0 aliphatic rings. The minimum absolute atomic E-state index is 0.725. The molecule has 154 valence electrons. The highest BCUT2D eigenvalue weighted by molar-refractivity contribution is 5.79. The zero-order valence-corrected chi connectivity index (χ0v) is 17.8.